The highest BCUT2D eigenvalue weighted by atomic mass is 16.5. The molecular formula is C92H138N6O5. The van der Waals surface area contributed by atoms with Gasteiger partial charge in [-0.1, -0.05) is 244 Å². The number of carbonyl (C=O) groups excluding carboxylic acids is 3. The van der Waals surface area contributed by atoms with Crippen molar-refractivity contribution in [1.82, 2.24) is 20.2 Å². The SMILES string of the molecule is CC.CC.CC.CC.CC.CC.CC.CC.CC(C)=O.CC(C)N1CCN(c2cccc(-c3ccccc3CCOCc3ccc(CCC(=O)CCc4cccnc4)cc3)c2)CC1.O=C(CCc1ccc(COCCc2ccccc2-c2cccc(N3CCNCC3)c2)cc1)CCc1cccnc1. The largest absolute Gasteiger partial charge is 0.376 e. The Morgan fingerprint density at radius 3 is 1.08 bits per heavy atom. The fourth-order valence-corrected chi connectivity index (χ4v) is 11.0. The number of benzene rings is 6. The van der Waals surface area contributed by atoms with Crippen LogP contribution in [-0.2, 0) is 75.6 Å². The molecule has 0 unspecified atom stereocenters. The van der Waals surface area contributed by atoms with Crippen molar-refractivity contribution >= 4 is 28.7 Å². The number of piperazine rings is 2. The number of aryl methyl sites for hydroxylation is 4. The number of Topliss-reactive ketones (excluding diaryl/α,β-unsaturated/α-hetero) is 3. The van der Waals surface area contributed by atoms with E-state index in [0.29, 0.717) is 69.7 Å². The molecule has 0 saturated carbocycles. The standard InChI is InChI=1S/C38H45N3O2.C35H39N3O2.C3H6O.8C2H6/c1-30(2)40-22-24-41(25-23-40)36-10-5-9-35(27-36)38-11-4-3-8-34(38)20-26-43-29-33-14-12-31(13-15-33)16-18-37(42)19-17-32-7-6-21-39-28-32;39-34(17-15-29-5-4-19-37-26-29)16-14-28-10-12-30(13-11-28)27-40-24-18-31-6-1-2-9-35(31)32-7-3-8-33(25-32)38-22-20-36-21-23-38;1-3(2)4;8*1-2/h3-15,21,27-28,30H,16-20,22-26,29H2,1-2H3;1-13,19,25-26,36H,14-18,20-24,27H2;1-2H3;8*1-2H3. The summed E-state index contributed by atoms with van der Waals surface area (Å²) in [6, 6.07) is 60.7. The van der Waals surface area contributed by atoms with Crippen LogP contribution < -0.4 is 15.1 Å². The van der Waals surface area contributed by atoms with Gasteiger partial charge in [0.05, 0.1) is 26.4 Å². The first-order valence-electron chi connectivity index (χ1n) is 39.4. The highest BCUT2D eigenvalue weighted by Crippen LogP contribution is 2.31. The molecule has 0 spiro atoms. The number of hydrogen-bond donors (Lipinski definition) is 1. The van der Waals surface area contributed by atoms with Crippen molar-refractivity contribution in [2.24, 2.45) is 0 Å². The lowest BCUT2D eigenvalue weighted by molar-refractivity contribution is -0.119. The molecule has 8 aromatic rings. The first-order chi connectivity index (χ1) is 50.5. The molecule has 1 N–H and O–H groups in total. The molecule has 0 amide bonds. The maximum absolute atomic E-state index is 12.3. The third kappa shape index (κ3) is 39.5. The molecule has 2 fully saturated rings. The fourth-order valence-electron chi connectivity index (χ4n) is 11.0. The third-order valence-corrected chi connectivity index (χ3v) is 16.1. The summed E-state index contributed by atoms with van der Waals surface area (Å²) in [5.41, 5.74) is 17.2. The average molecular weight is 1410 g/mol. The Bertz CT molecular complexity index is 3320. The number of ketones is 3. The van der Waals surface area contributed by atoms with Gasteiger partial charge >= 0.3 is 0 Å². The van der Waals surface area contributed by atoms with E-state index in [-0.39, 0.29) is 5.78 Å². The van der Waals surface area contributed by atoms with Gasteiger partial charge in [-0.2, -0.15) is 0 Å². The summed E-state index contributed by atoms with van der Waals surface area (Å²) < 4.78 is 12.2. The molecule has 4 heterocycles. The molecule has 0 bridgehead atoms. The van der Waals surface area contributed by atoms with E-state index in [2.05, 4.69) is 189 Å². The van der Waals surface area contributed by atoms with Crippen LogP contribution in [0.2, 0.25) is 0 Å². The summed E-state index contributed by atoms with van der Waals surface area (Å²) >= 11 is 0. The minimum Gasteiger partial charge on any atom is -0.376 e. The molecule has 2 aliphatic rings. The molecule has 566 valence electrons. The Morgan fingerprint density at radius 1 is 0.388 bits per heavy atom. The molecule has 2 aromatic heterocycles. The van der Waals surface area contributed by atoms with Crippen molar-refractivity contribution in [3.63, 3.8) is 0 Å². The van der Waals surface area contributed by atoms with Gasteiger partial charge in [0.15, 0.2) is 0 Å². The zero-order chi connectivity index (χ0) is 76.8. The monoisotopic (exact) mass is 1410 g/mol. The third-order valence-electron chi connectivity index (χ3n) is 16.1. The lowest BCUT2D eigenvalue weighted by Gasteiger charge is -2.38. The van der Waals surface area contributed by atoms with Crippen LogP contribution in [0, 0.1) is 0 Å². The van der Waals surface area contributed by atoms with E-state index in [1.807, 2.05) is 147 Å². The second kappa shape index (κ2) is 62.6. The van der Waals surface area contributed by atoms with Gasteiger partial charge in [-0.25, -0.2) is 0 Å². The van der Waals surface area contributed by atoms with Crippen molar-refractivity contribution in [2.75, 3.05) is 75.4 Å². The van der Waals surface area contributed by atoms with E-state index in [1.54, 1.807) is 12.4 Å². The van der Waals surface area contributed by atoms with E-state index in [4.69, 9.17) is 9.47 Å². The van der Waals surface area contributed by atoms with Gasteiger partial charge in [0.2, 0.25) is 0 Å². The lowest BCUT2D eigenvalue weighted by atomic mass is 9.97. The quantitative estimate of drug-likeness (QED) is 0.0496. The van der Waals surface area contributed by atoms with Crippen LogP contribution in [0.15, 0.2) is 195 Å². The predicted octanol–water partition coefficient (Wildman–Crippen LogP) is 22.0. The van der Waals surface area contributed by atoms with Gasteiger partial charge in [-0.15, -0.1) is 0 Å². The number of pyridine rings is 2. The Labute approximate surface area is 628 Å². The first kappa shape index (κ1) is 95.1. The minimum atomic E-state index is 0.167. The first-order valence-corrected chi connectivity index (χ1v) is 39.4. The average Bonchev–Trinajstić information content (AvgIpc) is 0.826. The van der Waals surface area contributed by atoms with Crippen molar-refractivity contribution in [2.45, 2.75) is 222 Å². The Balaban J connectivity index is 0.00000162. The summed E-state index contributed by atoms with van der Waals surface area (Å²) in [4.78, 5) is 49.9. The highest BCUT2D eigenvalue weighted by Gasteiger charge is 2.20. The van der Waals surface area contributed by atoms with E-state index in [1.165, 1.54) is 69.7 Å². The number of rotatable bonds is 27. The van der Waals surface area contributed by atoms with Crippen LogP contribution in [0.4, 0.5) is 11.4 Å². The topological polar surface area (TPSA) is 117 Å². The molecule has 0 aliphatic carbocycles. The van der Waals surface area contributed by atoms with Gasteiger partial charge in [0.1, 0.15) is 17.3 Å². The van der Waals surface area contributed by atoms with E-state index >= 15 is 0 Å². The van der Waals surface area contributed by atoms with Crippen LogP contribution in [0.5, 0.6) is 0 Å². The molecule has 11 heteroatoms. The summed E-state index contributed by atoms with van der Waals surface area (Å²) in [6.07, 6.45) is 14.3. The van der Waals surface area contributed by atoms with Crippen LogP contribution in [0.3, 0.4) is 0 Å². The number of hydrogen-bond acceptors (Lipinski definition) is 11. The Hall–Kier alpha value is -7.93. The normalized spacial score (nSPS) is 11.7. The molecule has 11 nitrogen and oxygen atoms in total. The number of aromatic nitrogens is 2. The van der Waals surface area contributed by atoms with Crippen molar-refractivity contribution in [3.05, 3.63) is 239 Å². The summed E-state index contributed by atoms with van der Waals surface area (Å²) in [5, 5.41) is 3.43. The minimum absolute atomic E-state index is 0.167. The molecule has 103 heavy (non-hydrogen) atoms. The fraction of sp³-hybridized carbons (Fsp3) is 0.467. The van der Waals surface area contributed by atoms with E-state index in [0.717, 1.165) is 113 Å². The van der Waals surface area contributed by atoms with Gasteiger partial charge in [-0.3, -0.25) is 24.5 Å². The number of anilines is 2. The Morgan fingerprint density at radius 2 is 0.728 bits per heavy atom. The van der Waals surface area contributed by atoms with Crippen LogP contribution in [-0.4, -0.2) is 104 Å². The lowest BCUT2D eigenvalue weighted by Crippen LogP contribution is -2.48. The maximum Gasteiger partial charge on any atom is 0.133 e. The van der Waals surface area contributed by atoms with Gasteiger partial charge in [-0.05, 0) is 169 Å². The Kier molecular flexibility index (Phi) is 57.8. The number of ether oxygens (including phenoxy) is 2. The molecule has 2 aliphatic heterocycles. The van der Waals surface area contributed by atoms with Gasteiger partial charge < -0.3 is 29.4 Å². The number of nitrogens with one attached hydrogen (secondary N) is 1. The molecule has 10 rings (SSSR count). The molecule has 6 aromatic carbocycles. The molecular weight excluding hydrogens is 1270 g/mol. The van der Waals surface area contributed by atoms with Gasteiger partial charge in [0.25, 0.3) is 0 Å². The summed E-state index contributed by atoms with van der Waals surface area (Å²) in [5.74, 6) is 0.764. The zero-order valence-electron chi connectivity index (χ0n) is 67.9. The van der Waals surface area contributed by atoms with Crippen molar-refractivity contribution < 1.29 is 23.9 Å². The molecule has 0 radical (unpaired) electrons. The van der Waals surface area contributed by atoms with E-state index < -0.39 is 0 Å². The zero-order valence-corrected chi connectivity index (χ0v) is 67.9. The van der Waals surface area contributed by atoms with E-state index in [9.17, 15) is 14.4 Å². The number of carbonyl (C=O) groups is 3. The summed E-state index contributed by atoms with van der Waals surface area (Å²) in [7, 11) is 0. The van der Waals surface area contributed by atoms with Crippen molar-refractivity contribution in [1.29, 1.82) is 0 Å². The molecule has 2 saturated heterocycles. The maximum atomic E-state index is 12.3. The predicted molar refractivity (Wildman–Crippen MR) is 446 cm³/mol. The van der Waals surface area contributed by atoms with Crippen LogP contribution >= 0.6 is 0 Å². The van der Waals surface area contributed by atoms with Crippen molar-refractivity contribution in [3.8, 4) is 22.3 Å². The second-order valence-corrected chi connectivity index (χ2v) is 23.2. The molecule has 0 atom stereocenters. The highest BCUT2D eigenvalue weighted by molar-refractivity contribution is 5.79. The van der Waals surface area contributed by atoms with Crippen LogP contribution in [0.25, 0.3) is 22.3 Å². The second-order valence-electron chi connectivity index (χ2n) is 23.2. The summed E-state index contributed by atoms with van der Waals surface area (Å²) in [6.45, 7) is 50.7. The smallest absolute Gasteiger partial charge is 0.133 e. The van der Waals surface area contributed by atoms with Crippen LogP contribution in [0.1, 0.15) is 209 Å². The number of nitrogens with zero attached hydrogens (tertiary/aromatic N) is 5. The van der Waals surface area contributed by atoms with Gasteiger partial charge in [0, 0.05) is 120 Å².